The average Bonchev–Trinajstić information content (AvgIpc) is 2.01. The molecule has 0 aliphatic carbocycles. The van der Waals surface area contributed by atoms with E-state index in [0.717, 1.165) is 5.56 Å². The van der Waals surface area contributed by atoms with Gasteiger partial charge < -0.3 is 0 Å². The van der Waals surface area contributed by atoms with Crippen LogP contribution in [0.5, 0.6) is 0 Å². The fraction of sp³-hybridized carbons (Fsp3) is 0.455. The summed E-state index contributed by atoms with van der Waals surface area (Å²) in [6.45, 7) is 6.01. The van der Waals surface area contributed by atoms with E-state index in [-0.39, 0.29) is 11.0 Å². The molecule has 0 saturated carbocycles. The molecule has 3 heteroatoms. The zero-order chi connectivity index (χ0) is 10.9. The van der Waals surface area contributed by atoms with Crippen LogP contribution in [0.2, 0.25) is 0 Å². The maximum Gasteiger partial charge on any atom is 0.264 e. The summed E-state index contributed by atoms with van der Waals surface area (Å²) in [6, 6.07) is 4.99. The highest BCUT2D eigenvalue weighted by Gasteiger charge is 2.21. The summed E-state index contributed by atoms with van der Waals surface area (Å²) >= 11 is 3.24. The molecule has 0 fully saturated rings. The van der Waals surface area contributed by atoms with E-state index in [0.29, 0.717) is 4.47 Å². The van der Waals surface area contributed by atoms with E-state index in [1.165, 1.54) is 6.07 Å². The van der Waals surface area contributed by atoms with Gasteiger partial charge in [-0.15, -0.1) is 0 Å². The Labute approximate surface area is 91.5 Å². The van der Waals surface area contributed by atoms with E-state index in [1.54, 1.807) is 6.07 Å². The topological polar surface area (TPSA) is 0 Å². The number of rotatable bonds is 1. The average molecular weight is 263 g/mol. The van der Waals surface area contributed by atoms with Crippen LogP contribution in [0, 0.1) is 0 Å². The van der Waals surface area contributed by atoms with E-state index >= 15 is 0 Å². The first-order chi connectivity index (χ1) is 6.34. The molecular formula is C11H13BrF2. The van der Waals surface area contributed by atoms with Crippen LogP contribution in [0.3, 0.4) is 0 Å². The molecule has 0 nitrogen and oxygen atoms in total. The van der Waals surface area contributed by atoms with Gasteiger partial charge in [-0.25, -0.2) is 8.78 Å². The van der Waals surface area contributed by atoms with Crippen molar-refractivity contribution >= 4 is 15.9 Å². The van der Waals surface area contributed by atoms with Gasteiger partial charge in [0.1, 0.15) is 0 Å². The number of hydrogen-bond donors (Lipinski definition) is 0. The summed E-state index contributed by atoms with van der Waals surface area (Å²) < 4.78 is 25.7. The Hall–Kier alpha value is -0.440. The first-order valence-electron chi connectivity index (χ1n) is 4.41. The van der Waals surface area contributed by atoms with E-state index in [9.17, 15) is 8.78 Å². The van der Waals surface area contributed by atoms with E-state index < -0.39 is 6.43 Å². The van der Waals surface area contributed by atoms with Crippen molar-refractivity contribution in [1.29, 1.82) is 0 Å². The quantitative estimate of drug-likeness (QED) is 0.689. The van der Waals surface area contributed by atoms with Gasteiger partial charge in [-0.2, -0.15) is 0 Å². The van der Waals surface area contributed by atoms with E-state index in [4.69, 9.17) is 0 Å². The van der Waals surface area contributed by atoms with Gasteiger partial charge >= 0.3 is 0 Å². The van der Waals surface area contributed by atoms with E-state index in [1.807, 2.05) is 26.8 Å². The fourth-order valence-electron chi connectivity index (χ4n) is 1.30. The molecule has 0 aromatic heterocycles. The second-order valence-corrected chi connectivity index (χ2v) is 5.05. The Morgan fingerprint density at radius 3 is 2.21 bits per heavy atom. The second kappa shape index (κ2) is 3.97. The second-order valence-electron chi connectivity index (χ2n) is 4.26. The Balaban J connectivity index is 3.28. The lowest BCUT2D eigenvalue weighted by Crippen LogP contribution is -2.12. The summed E-state index contributed by atoms with van der Waals surface area (Å²) in [5.41, 5.74) is 0.858. The van der Waals surface area contributed by atoms with Gasteiger partial charge in [0, 0.05) is 10.0 Å². The highest BCUT2D eigenvalue weighted by atomic mass is 79.9. The Morgan fingerprint density at radius 2 is 1.79 bits per heavy atom. The number of benzene rings is 1. The van der Waals surface area contributed by atoms with Crippen LogP contribution in [0.4, 0.5) is 8.78 Å². The van der Waals surface area contributed by atoms with Crippen molar-refractivity contribution in [2.24, 2.45) is 0 Å². The van der Waals surface area contributed by atoms with Crippen LogP contribution in [0.1, 0.15) is 38.3 Å². The fourth-order valence-corrected chi connectivity index (χ4v) is 2.33. The minimum Gasteiger partial charge on any atom is -0.205 e. The maximum atomic E-state index is 12.6. The minimum atomic E-state index is -2.42. The molecule has 0 amide bonds. The summed E-state index contributed by atoms with van der Waals surface area (Å²) in [4.78, 5) is 0. The molecule has 0 spiro atoms. The molecule has 1 aromatic rings. The highest BCUT2D eigenvalue weighted by Crippen LogP contribution is 2.35. The molecule has 0 bridgehead atoms. The van der Waals surface area contributed by atoms with Crippen molar-refractivity contribution in [2.45, 2.75) is 32.6 Å². The first kappa shape index (κ1) is 11.6. The van der Waals surface area contributed by atoms with E-state index in [2.05, 4.69) is 15.9 Å². The molecular weight excluding hydrogens is 250 g/mol. The van der Waals surface area contributed by atoms with Gasteiger partial charge in [0.15, 0.2) is 0 Å². The highest BCUT2D eigenvalue weighted by molar-refractivity contribution is 9.10. The van der Waals surface area contributed by atoms with Crippen LogP contribution in [0.15, 0.2) is 22.7 Å². The maximum absolute atomic E-state index is 12.6. The third-order valence-electron chi connectivity index (χ3n) is 2.07. The molecule has 78 valence electrons. The Morgan fingerprint density at radius 1 is 1.21 bits per heavy atom. The Kier molecular flexibility index (Phi) is 3.30. The van der Waals surface area contributed by atoms with Crippen molar-refractivity contribution in [3.8, 4) is 0 Å². The molecule has 14 heavy (non-hydrogen) atoms. The van der Waals surface area contributed by atoms with Crippen molar-refractivity contribution < 1.29 is 8.78 Å². The lowest BCUT2D eigenvalue weighted by atomic mass is 9.86. The number of hydrogen-bond acceptors (Lipinski definition) is 0. The standard InChI is InChI=1S/C11H13BrF2/c1-11(2,3)8-6-4-5-7(9(8)12)10(13)14/h4-6,10H,1-3H3. The summed E-state index contributed by atoms with van der Waals surface area (Å²) in [5.74, 6) is 0. The van der Waals surface area contributed by atoms with Gasteiger partial charge in [0.25, 0.3) is 6.43 Å². The van der Waals surface area contributed by atoms with Gasteiger partial charge in [-0.3, -0.25) is 0 Å². The molecule has 0 heterocycles. The third kappa shape index (κ3) is 2.32. The third-order valence-corrected chi connectivity index (χ3v) is 2.96. The van der Waals surface area contributed by atoms with Crippen molar-refractivity contribution in [3.05, 3.63) is 33.8 Å². The predicted molar refractivity (Wildman–Crippen MR) is 57.8 cm³/mol. The van der Waals surface area contributed by atoms with Crippen molar-refractivity contribution in [1.82, 2.24) is 0 Å². The van der Waals surface area contributed by atoms with Gasteiger partial charge in [0.05, 0.1) is 0 Å². The molecule has 0 atom stereocenters. The van der Waals surface area contributed by atoms with Crippen LogP contribution in [-0.4, -0.2) is 0 Å². The van der Waals surface area contributed by atoms with Crippen molar-refractivity contribution in [2.75, 3.05) is 0 Å². The molecule has 1 rings (SSSR count). The molecule has 0 unspecified atom stereocenters. The lowest BCUT2D eigenvalue weighted by molar-refractivity contribution is 0.150. The first-order valence-corrected chi connectivity index (χ1v) is 5.20. The van der Waals surface area contributed by atoms with Crippen molar-refractivity contribution in [3.63, 3.8) is 0 Å². The van der Waals surface area contributed by atoms with Crippen LogP contribution in [-0.2, 0) is 5.41 Å². The largest absolute Gasteiger partial charge is 0.264 e. The Bertz CT molecular complexity index is 327. The normalized spacial score (nSPS) is 12.2. The van der Waals surface area contributed by atoms with Gasteiger partial charge in [-0.1, -0.05) is 39.0 Å². The smallest absolute Gasteiger partial charge is 0.205 e. The van der Waals surface area contributed by atoms with Gasteiger partial charge in [0.2, 0.25) is 0 Å². The van der Waals surface area contributed by atoms with Gasteiger partial charge in [-0.05, 0) is 26.9 Å². The zero-order valence-electron chi connectivity index (χ0n) is 8.44. The van der Waals surface area contributed by atoms with Crippen LogP contribution < -0.4 is 0 Å². The van der Waals surface area contributed by atoms with Crippen LogP contribution in [0.25, 0.3) is 0 Å². The molecule has 0 saturated heterocycles. The molecule has 0 radical (unpaired) electrons. The lowest BCUT2D eigenvalue weighted by Gasteiger charge is -2.22. The molecule has 1 aromatic carbocycles. The molecule has 0 aliphatic heterocycles. The number of halogens is 3. The SMILES string of the molecule is CC(C)(C)c1cccc(C(F)F)c1Br. The summed E-state index contributed by atoms with van der Waals surface area (Å²) in [6.07, 6.45) is -2.42. The number of alkyl halides is 2. The monoisotopic (exact) mass is 262 g/mol. The molecule has 0 aliphatic rings. The summed E-state index contributed by atoms with van der Waals surface area (Å²) in [7, 11) is 0. The minimum absolute atomic E-state index is 0.0671. The zero-order valence-corrected chi connectivity index (χ0v) is 10.0. The van der Waals surface area contributed by atoms with Crippen LogP contribution >= 0.6 is 15.9 Å². The predicted octanol–water partition coefficient (Wildman–Crippen LogP) is 4.68. The molecule has 0 N–H and O–H groups in total. The summed E-state index contributed by atoms with van der Waals surface area (Å²) in [5, 5.41) is 0.